The van der Waals surface area contributed by atoms with Gasteiger partial charge in [0.25, 0.3) is 0 Å². The van der Waals surface area contributed by atoms with Crippen LogP contribution < -0.4 is 10.6 Å². The third kappa shape index (κ3) is 5.28. The van der Waals surface area contributed by atoms with Gasteiger partial charge in [0.05, 0.1) is 12.6 Å². The summed E-state index contributed by atoms with van der Waals surface area (Å²) in [6.45, 7) is 10.3. The van der Waals surface area contributed by atoms with Crippen molar-refractivity contribution in [2.75, 3.05) is 6.54 Å². The topological polar surface area (TPSA) is 54.0 Å². The molecular formula is C12H21N3OS. The summed E-state index contributed by atoms with van der Waals surface area (Å²) < 4.78 is 0. The molecule has 4 nitrogen and oxygen atoms in total. The maximum absolute atomic E-state index is 11.6. The van der Waals surface area contributed by atoms with Crippen molar-refractivity contribution in [3.05, 3.63) is 16.1 Å². The Morgan fingerprint density at radius 2 is 2.18 bits per heavy atom. The Morgan fingerprint density at radius 1 is 1.53 bits per heavy atom. The molecule has 1 rings (SSSR count). The van der Waals surface area contributed by atoms with Gasteiger partial charge in [-0.15, -0.1) is 11.3 Å². The van der Waals surface area contributed by atoms with E-state index >= 15 is 0 Å². The van der Waals surface area contributed by atoms with E-state index in [4.69, 9.17) is 0 Å². The third-order valence-corrected chi connectivity index (χ3v) is 3.19. The summed E-state index contributed by atoms with van der Waals surface area (Å²) >= 11 is 1.66. The van der Waals surface area contributed by atoms with Gasteiger partial charge in [0.2, 0.25) is 5.91 Å². The molecular weight excluding hydrogens is 234 g/mol. The number of carbonyl (C=O) groups is 1. The van der Waals surface area contributed by atoms with Crippen molar-refractivity contribution in [2.45, 2.75) is 46.2 Å². The van der Waals surface area contributed by atoms with Crippen LogP contribution in [-0.4, -0.2) is 23.0 Å². The predicted octanol–water partition coefficient (Wildman–Crippen LogP) is 2.02. The maximum Gasteiger partial charge on any atom is 0.234 e. The molecule has 96 valence electrons. The molecule has 0 radical (unpaired) electrons. The zero-order valence-electron chi connectivity index (χ0n) is 11.1. The van der Waals surface area contributed by atoms with E-state index < -0.39 is 0 Å². The molecule has 1 amide bonds. The number of thiazole rings is 1. The Kier molecular flexibility index (Phi) is 4.65. The average Bonchev–Trinajstić information content (AvgIpc) is 2.58. The summed E-state index contributed by atoms with van der Waals surface area (Å²) in [6.07, 6.45) is 1.85. The average molecular weight is 255 g/mol. The van der Waals surface area contributed by atoms with Crippen LogP contribution in [0, 0.1) is 6.92 Å². The fourth-order valence-corrected chi connectivity index (χ4v) is 2.17. The van der Waals surface area contributed by atoms with Crippen LogP contribution >= 0.6 is 11.3 Å². The quantitative estimate of drug-likeness (QED) is 0.865. The van der Waals surface area contributed by atoms with Crippen molar-refractivity contribution in [3.8, 4) is 0 Å². The largest absolute Gasteiger partial charge is 0.350 e. The number of aromatic nitrogens is 1. The second-order valence-electron chi connectivity index (χ2n) is 5.21. The van der Waals surface area contributed by atoms with Gasteiger partial charge in [-0.2, -0.15) is 0 Å². The molecule has 5 heteroatoms. The van der Waals surface area contributed by atoms with Crippen LogP contribution in [0.3, 0.4) is 0 Å². The minimum absolute atomic E-state index is 0.0117. The van der Waals surface area contributed by atoms with Crippen LogP contribution in [0.25, 0.3) is 0 Å². The van der Waals surface area contributed by atoms with Gasteiger partial charge in [-0.05, 0) is 34.6 Å². The lowest BCUT2D eigenvalue weighted by atomic mass is 10.1. The van der Waals surface area contributed by atoms with Gasteiger partial charge in [0, 0.05) is 16.6 Å². The van der Waals surface area contributed by atoms with Crippen molar-refractivity contribution in [1.29, 1.82) is 0 Å². The molecule has 0 bridgehead atoms. The monoisotopic (exact) mass is 255 g/mol. The highest BCUT2D eigenvalue weighted by atomic mass is 32.1. The molecule has 0 saturated carbocycles. The highest BCUT2D eigenvalue weighted by Gasteiger charge is 2.15. The van der Waals surface area contributed by atoms with E-state index in [2.05, 4.69) is 15.6 Å². The van der Waals surface area contributed by atoms with Crippen molar-refractivity contribution in [1.82, 2.24) is 15.6 Å². The number of aryl methyl sites for hydroxylation is 1. The molecule has 1 unspecified atom stereocenters. The van der Waals surface area contributed by atoms with Crippen molar-refractivity contribution in [2.24, 2.45) is 0 Å². The molecule has 0 aromatic carbocycles. The molecule has 0 spiro atoms. The number of hydrogen-bond acceptors (Lipinski definition) is 4. The minimum atomic E-state index is -0.181. The van der Waals surface area contributed by atoms with Gasteiger partial charge in [-0.25, -0.2) is 4.98 Å². The van der Waals surface area contributed by atoms with Crippen LogP contribution in [0.15, 0.2) is 6.20 Å². The van der Waals surface area contributed by atoms with E-state index in [9.17, 15) is 4.79 Å². The van der Waals surface area contributed by atoms with Crippen LogP contribution in [0.4, 0.5) is 0 Å². The second-order valence-corrected chi connectivity index (χ2v) is 6.48. The zero-order valence-corrected chi connectivity index (χ0v) is 11.9. The molecule has 0 aliphatic heterocycles. The van der Waals surface area contributed by atoms with Gasteiger partial charge in [0.1, 0.15) is 5.01 Å². The van der Waals surface area contributed by atoms with E-state index in [1.54, 1.807) is 11.3 Å². The van der Waals surface area contributed by atoms with E-state index in [1.807, 2.05) is 40.8 Å². The molecule has 1 atom stereocenters. The summed E-state index contributed by atoms with van der Waals surface area (Å²) in [7, 11) is 0. The SMILES string of the molecule is Cc1cnc(C(C)NCC(=O)NC(C)(C)C)s1. The normalized spacial score (nSPS) is 13.5. The first-order chi connectivity index (χ1) is 7.78. The summed E-state index contributed by atoms with van der Waals surface area (Å²) in [5.74, 6) is 0.0117. The summed E-state index contributed by atoms with van der Waals surface area (Å²) in [6, 6.07) is 0.111. The molecule has 1 heterocycles. The molecule has 2 N–H and O–H groups in total. The van der Waals surface area contributed by atoms with Gasteiger partial charge in [-0.1, -0.05) is 0 Å². The predicted molar refractivity (Wildman–Crippen MR) is 71.2 cm³/mol. The van der Waals surface area contributed by atoms with Crippen LogP contribution in [-0.2, 0) is 4.79 Å². The third-order valence-electron chi connectivity index (χ3n) is 2.09. The first-order valence-electron chi connectivity index (χ1n) is 5.74. The Labute approximate surface area is 107 Å². The second kappa shape index (κ2) is 5.60. The highest BCUT2D eigenvalue weighted by Crippen LogP contribution is 2.18. The molecule has 0 fully saturated rings. The van der Waals surface area contributed by atoms with Gasteiger partial charge in [0.15, 0.2) is 0 Å². The smallest absolute Gasteiger partial charge is 0.234 e. The number of rotatable bonds is 4. The number of amides is 1. The van der Waals surface area contributed by atoms with Crippen LogP contribution in [0.5, 0.6) is 0 Å². The van der Waals surface area contributed by atoms with E-state index in [0.29, 0.717) is 6.54 Å². The Morgan fingerprint density at radius 3 is 2.65 bits per heavy atom. The van der Waals surface area contributed by atoms with Crippen molar-refractivity contribution >= 4 is 17.2 Å². The highest BCUT2D eigenvalue weighted by molar-refractivity contribution is 7.11. The van der Waals surface area contributed by atoms with E-state index in [1.165, 1.54) is 4.88 Å². The Hall–Kier alpha value is -0.940. The maximum atomic E-state index is 11.6. The van der Waals surface area contributed by atoms with Gasteiger partial charge in [-0.3, -0.25) is 10.1 Å². The molecule has 0 saturated heterocycles. The first-order valence-corrected chi connectivity index (χ1v) is 6.56. The zero-order chi connectivity index (χ0) is 13.1. The molecule has 1 aromatic heterocycles. The Balaban J connectivity index is 2.38. The number of hydrogen-bond donors (Lipinski definition) is 2. The molecule has 17 heavy (non-hydrogen) atoms. The summed E-state index contributed by atoms with van der Waals surface area (Å²) in [5.41, 5.74) is -0.181. The number of carbonyl (C=O) groups excluding carboxylic acids is 1. The molecule has 0 aliphatic carbocycles. The van der Waals surface area contributed by atoms with E-state index in [-0.39, 0.29) is 17.5 Å². The standard InChI is InChI=1S/C12H21N3OS/c1-8-6-14-11(17-8)9(2)13-7-10(16)15-12(3,4)5/h6,9,13H,7H2,1-5H3,(H,15,16). The summed E-state index contributed by atoms with van der Waals surface area (Å²) in [4.78, 5) is 17.1. The molecule has 0 aliphatic rings. The lowest BCUT2D eigenvalue weighted by Crippen LogP contribution is -2.45. The van der Waals surface area contributed by atoms with Crippen LogP contribution in [0.2, 0.25) is 0 Å². The Bertz CT molecular complexity index is 381. The lowest BCUT2D eigenvalue weighted by molar-refractivity contribution is -0.121. The number of nitrogens with one attached hydrogen (secondary N) is 2. The fraction of sp³-hybridized carbons (Fsp3) is 0.667. The minimum Gasteiger partial charge on any atom is -0.350 e. The fourth-order valence-electron chi connectivity index (χ4n) is 1.37. The van der Waals surface area contributed by atoms with Crippen LogP contribution in [0.1, 0.15) is 43.6 Å². The summed E-state index contributed by atoms with van der Waals surface area (Å²) in [5, 5.41) is 7.10. The van der Waals surface area contributed by atoms with E-state index in [0.717, 1.165) is 5.01 Å². The first kappa shape index (κ1) is 14.1. The van der Waals surface area contributed by atoms with Gasteiger partial charge < -0.3 is 5.32 Å². The lowest BCUT2D eigenvalue weighted by Gasteiger charge is -2.21. The van der Waals surface area contributed by atoms with Crippen molar-refractivity contribution < 1.29 is 4.79 Å². The van der Waals surface area contributed by atoms with Crippen molar-refractivity contribution in [3.63, 3.8) is 0 Å². The molecule has 1 aromatic rings. The van der Waals surface area contributed by atoms with Gasteiger partial charge >= 0.3 is 0 Å². The number of nitrogens with zero attached hydrogens (tertiary/aromatic N) is 1.